The predicted molar refractivity (Wildman–Crippen MR) is 157 cm³/mol. The van der Waals surface area contributed by atoms with Crippen LogP contribution >= 0.6 is 11.8 Å². The molecule has 0 aliphatic carbocycles. The van der Waals surface area contributed by atoms with Crippen LogP contribution in [0.4, 0.5) is 10.1 Å². The number of rotatable bonds is 11. The number of nitrogens with zero attached hydrogens (tertiary/aromatic N) is 3. The first-order valence-corrected chi connectivity index (χ1v) is 13.8. The Morgan fingerprint density at radius 3 is 2.20 bits per heavy atom. The van der Waals surface area contributed by atoms with Crippen LogP contribution in [0.1, 0.15) is 28.6 Å². The summed E-state index contributed by atoms with van der Waals surface area (Å²) in [5, 5.41) is 3.40. The SMILES string of the molecule is COc1ccc(NC(=O)C(c2cccc(OC)c2)N(Cc2ccc(F)cc2)C(=O)CSc2nc(C)cc(C)n2)cc1. The van der Waals surface area contributed by atoms with E-state index < -0.39 is 17.8 Å². The van der Waals surface area contributed by atoms with Crippen molar-refractivity contribution in [1.82, 2.24) is 14.9 Å². The third-order valence-electron chi connectivity index (χ3n) is 6.20. The molecule has 1 N–H and O–H groups in total. The van der Waals surface area contributed by atoms with Crippen LogP contribution in [0.15, 0.2) is 84.0 Å². The fourth-order valence-corrected chi connectivity index (χ4v) is 5.08. The van der Waals surface area contributed by atoms with Gasteiger partial charge in [-0.3, -0.25) is 9.59 Å². The zero-order valence-electron chi connectivity index (χ0n) is 23.3. The van der Waals surface area contributed by atoms with E-state index in [0.717, 1.165) is 11.4 Å². The zero-order chi connectivity index (χ0) is 29.4. The highest BCUT2D eigenvalue weighted by Gasteiger charge is 2.32. The third kappa shape index (κ3) is 8.04. The second-order valence-electron chi connectivity index (χ2n) is 9.27. The zero-order valence-corrected chi connectivity index (χ0v) is 24.1. The number of thioether (sulfide) groups is 1. The van der Waals surface area contributed by atoms with Crippen molar-refractivity contribution in [3.05, 3.63) is 107 Å². The van der Waals surface area contributed by atoms with Crippen molar-refractivity contribution in [2.24, 2.45) is 0 Å². The van der Waals surface area contributed by atoms with Crippen LogP contribution in [0.3, 0.4) is 0 Å². The summed E-state index contributed by atoms with van der Waals surface area (Å²) in [6.07, 6.45) is 0. The highest BCUT2D eigenvalue weighted by molar-refractivity contribution is 7.99. The molecule has 0 saturated heterocycles. The molecular formula is C31H31FN4O4S. The van der Waals surface area contributed by atoms with E-state index in [1.165, 1.54) is 35.9 Å². The maximum absolute atomic E-state index is 14.0. The molecule has 10 heteroatoms. The molecule has 1 heterocycles. The van der Waals surface area contributed by atoms with Crippen LogP contribution in [0.25, 0.3) is 0 Å². The Bertz CT molecular complexity index is 1480. The van der Waals surface area contributed by atoms with Gasteiger partial charge in [-0.2, -0.15) is 0 Å². The minimum atomic E-state index is -1.04. The van der Waals surface area contributed by atoms with Gasteiger partial charge in [-0.05, 0) is 79.6 Å². The number of hydrogen-bond acceptors (Lipinski definition) is 7. The molecule has 1 aromatic heterocycles. The van der Waals surface area contributed by atoms with Gasteiger partial charge in [-0.1, -0.05) is 36.0 Å². The first-order valence-electron chi connectivity index (χ1n) is 12.8. The average molecular weight is 575 g/mol. The maximum atomic E-state index is 14.0. The molecule has 4 aromatic rings. The fraction of sp³-hybridized carbons (Fsp3) is 0.226. The second kappa shape index (κ2) is 13.8. The van der Waals surface area contributed by atoms with Crippen molar-refractivity contribution < 1.29 is 23.5 Å². The van der Waals surface area contributed by atoms with Crippen molar-refractivity contribution >= 4 is 29.3 Å². The monoisotopic (exact) mass is 574 g/mol. The molecule has 3 aromatic carbocycles. The largest absolute Gasteiger partial charge is 0.497 e. The summed E-state index contributed by atoms with van der Waals surface area (Å²) in [6.45, 7) is 3.79. The average Bonchev–Trinajstić information content (AvgIpc) is 2.96. The first-order chi connectivity index (χ1) is 19.7. The van der Waals surface area contributed by atoms with Crippen LogP contribution in [-0.2, 0) is 16.1 Å². The number of halogens is 1. The van der Waals surface area contributed by atoms with Gasteiger partial charge < -0.3 is 19.7 Å². The highest BCUT2D eigenvalue weighted by Crippen LogP contribution is 2.30. The van der Waals surface area contributed by atoms with Gasteiger partial charge in [0.05, 0.1) is 20.0 Å². The molecular weight excluding hydrogens is 543 g/mol. The smallest absolute Gasteiger partial charge is 0.251 e. The number of nitrogens with one attached hydrogen (secondary N) is 1. The number of aryl methyl sites for hydroxylation is 2. The molecule has 0 aliphatic heterocycles. The van der Waals surface area contributed by atoms with Crippen LogP contribution in [-0.4, -0.2) is 46.7 Å². The molecule has 2 amide bonds. The number of ether oxygens (including phenoxy) is 2. The number of carbonyl (C=O) groups is 2. The summed E-state index contributed by atoms with van der Waals surface area (Å²) in [5.41, 5.74) is 3.35. The first kappa shape index (κ1) is 29.5. The van der Waals surface area contributed by atoms with Crippen molar-refractivity contribution in [2.75, 3.05) is 25.3 Å². The van der Waals surface area contributed by atoms with Crippen LogP contribution in [0.2, 0.25) is 0 Å². The van der Waals surface area contributed by atoms with Gasteiger partial charge in [0.1, 0.15) is 23.4 Å². The number of carbonyl (C=O) groups excluding carboxylic acids is 2. The number of aromatic nitrogens is 2. The van der Waals surface area contributed by atoms with E-state index in [9.17, 15) is 14.0 Å². The Morgan fingerprint density at radius 2 is 1.56 bits per heavy atom. The summed E-state index contributed by atoms with van der Waals surface area (Å²) in [4.78, 5) is 38.2. The predicted octanol–water partition coefficient (Wildman–Crippen LogP) is 5.75. The van der Waals surface area contributed by atoms with Crippen molar-refractivity contribution in [2.45, 2.75) is 31.6 Å². The molecule has 0 radical (unpaired) electrons. The highest BCUT2D eigenvalue weighted by atomic mass is 32.2. The van der Waals surface area contributed by atoms with Gasteiger partial charge in [0.2, 0.25) is 5.91 Å². The van der Waals surface area contributed by atoms with E-state index >= 15 is 0 Å². The van der Waals surface area contributed by atoms with Crippen LogP contribution in [0.5, 0.6) is 11.5 Å². The quantitative estimate of drug-likeness (QED) is 0.180. The molecule has 1 unspecified atom stereocenters. The molecule has 0 bridgehead atoms. The topological polar surface area (TPSA) is 93.7 Å². The van der Waals surface area contributed by atoms with E-state index in [1.54, 1.807) is 67.8 Å². The van der Waals surface area contributed by atoms with Gasteiger partial charge >= 0.3 is 0 Å². The van der Waals surface area contributed by atoms with E-state index in [4.69, 9.17) is 9.47 Å². The number of methoxy groups -OCH3 is 2. The van der Waals surface area contributed by atoms with E-state index in [-0.39, 0.29) is 18.2 Å². The number of benzene rings is 3. The third-order valence-corrected chi connectivity index (χ3v) is 7.03. The lowest BCUT2D eigenvalue weighted by Crippen LogP contribution is -2.41. The summed E-state index contributed by atoms with van der Waals surface area (Å²) in [7, 11) is 3.10. The van der Waals surface area contributed by atoms with Crippen molar-refractivity contribution in [3.63, 3.8) is 0 Å². The summed E-state index contributed by atoms with van der Waals surface area (Å²) in [6, 6.07) is 20.6. The van der Waals surface area contributed by atoms with Crippen molar-refractivity contribution in [3.8, 4) is 11.5 Å². The summed E-state index contributed by atoms with van der Waals surface area (Å²) >= 11 is 1.19. The summed E-state index contributed by atoms with van der Waals surface area (Å²) in [5.74, 6) is 0.0329. The normalized spacial score (nSPS) is 11.4. The number of amides is 2. The Hall–Kier alpha value is -4.44. The minimum absolute atomic E-state index is 0.0135. The maximum Gasteiger partial charge on any atom is 0.251 e. The van der Waals surface area contributed by atoms with Gasteiger partial charge in [-0.25, -0.2) is 14.4 Å². The van der Waals surface area contributed by atoms with Gasteiger partial charge in [-0.15, -0.1) is 0 Å². The molecule has 0 saturated carbocycles. The molecule has 0 aliphatic rings. The minimum Gasteiger partial charge on any atom is -0.497 e. The molecule has 212 valence electrons. The Balaban J connectivity index is 1.71. The Kier molecular flexibility index (Phi) is 9.91. The van der Waals surface area contributed by atoms with Gasteiger partial charge in [0, 0.05) is 23.6 Å². The molecule has 1 atom stereocenters. The van der Waals surface area contributed by atoms with E-state index in [0.29, 0.717) is 33.5 Å². The molecule has 0 fully saturated rings. The van der Waals surface area contributed by atoms with Crippen LogP contribution in [0, 0.1) is 19.7 Å². The van der Waals surface area contributed by atoms with Crippen molar-refractivity contribution in [1.29, 1.82) is 0 Å². The standard InChI is InChI=1S/C31H31FN4O4S/c1-20-16-21(2)34-31(33-20)41-19-28(37)36(18-22-8-10-24(32)11-9-22)29(23-6-5-7-27(17-23)40-4)30(38)35-25-12-14-26(39-3)15-13-25/h5-17,29H,18-19H2,1-4H3,(H,35,38). The molecule has 8 nitrogen and oxygen atoms in total. The van der Waals surface area contributed by atoms with E-state index in [1.807, 2.05) is 19.9 Å². The number of hydrogen-bond donors (Lipinski definition) is 1. The Morgan fingerprint density at radius 1 is 0.902 bits per heavy atom. The van der Waals surface area contributed by atoms with Gasteiger partial charge in [0.25, 0.3) is 5.91 Å². The number of anilines is 1. The van der Waals surface area contributed by atoms with Gasteiger partial charge in [0.15, 0.2) is 5.16 Å². The summed E-state index contributed by atoms with van der Waals surface area (Å²) < 4.78 is 24.3. The lowest BCUT2D eigenvalue weighted by Gasteiger charge is -2.32. The fourth-order valence-electron chi connectivity index (χ4n) is 4.25. The molecule has 0 spiro atoms. The lowest BCUT2D eigenvalue weighted by molar-refractivity contribution is -0.137. The van der Waals surface area contributed by atoms with Crippen LogP contribution < -0.4 is 14.8 Å². The molecule has 41 heavy (non-hydrogen) atoms. The second-order valence-corrected chi connectivity index (χ2v) is 10.2. The molecule has 4 rings (SSSR count). The van der Waals surface area contributed by atoms with E-state index in [2.05, 4.69) is 15.3 Å². The lowest BCUT2D eigenvalue weighted by atomic mass is 10.0. The Labute approximate surface area is 242 Å².